The Morgan fingerprint density at radius 2 is 1.80 bits per heavy atom. The first-order valence-corrected chi connectivity index (χ1v) is 15.4. The predicted octanol–water partition coefficient (Wildman–Crippen LogP) is 5.68. The molecule has 0 fully saturated rings. The van der Waals surface area contributed by atoms with Gasteiger partial charge in [0.2, 0.25) is 0 Å². The van der Waals surface area contributed by atoms with Crippen LogP contribution in [0.25, 0.3) is 21.6 Å². The fourth-order valence-electron chi connectivity index (χ4n) is 5.20. The third-order valence-corrected chi connectivity index (χ3v) is 9.44. The number of fused-ring (bicyclic) bond motifs is 3. The number of aromatic nitrogens is 4. The minimum Gasteiger partial charge on any atom is -0.272 e. The molecule has 208 valence electrons. The van der Waals surface area contributed by atoms with Gasteiger partial charge in [-0.1, -0.05) is 47.7 Å². The number of hydrazone groups is 1. The van der Waals surface area contributed by atoms with Crippen molar-refractivity contribution in [3.63, 3.8) is 0 Å². The summed E-state index contributed by atoms with van der Waals surface area (Å²) in [5.74, 6) is -0.222. The quantitative estimate of drug-likeness (QED) is 0.115. The Morgan fingerprint density at radius 3 is 2.59 bits per heavy atom. The highest BCUT2D eigenvalue weighted by molar-refractivity contribution is 7.99. The fraction of sp³-hybridized carbons (Fsp3) is 0.258. The summed E-state index contributed by atoms with van der Waals surface area (Å²) in [6, 6.07) is 17.7. The molecule has 2 aromatic carbocycles. The van der Waals surface area contributed by atoms with Crippen molar-refractivity contribution in [2.24, 2.45) is 5.10 Å². The van der Waals surface area contributed by atoms with Crippen LogP contribution in [-0.4, -0.2) is 37.2 Å². The molecular formula is C31H30N6O2S2. The largest absolute Gasteiger partial charge is 0.272 e. The maximum atomic E-state index is 13.9. The average molecular weight is 583 g/mol. The lowest BCUT2D eigenvalue weighted by Crippen LogP contribution is -2.24. The number of hydrogen-bond acceptors (Lipinski definition) is 7. The summed E-state index contributed by atoms with van der Waals surface area (Å²) in [6.45, 7) is 5.90. The van der Waals surface area contributed by atoms with Gasteiger partial charge in [-0.3, -0.25) is 14.2 Å². The van der Waals surface area contributed by atoms with E-state index < -0.39 is 0 Å². The van der Waals surface area contributed by atoms with Crippen molar-refractivity contribution >= 4 is 45.4 Å². The highest BCUT2D eigenvalue weighted by atomic mass is 32.2. The van der Waals surface area contributed by atoms with Crippen LogP contribution < -0.4 is 11.0 Å². The van der Waals surface area contributed by atoms with E-state index in [4.69, 9.17) is 4.98 Å². The van der Waals surface area contributed by atoms with Gasteiger partial charge in [0.15, 0.2) is 5.16 Å². The van der Waals surface area contributed by atoms with Crippen LogP contribution in [0, 0.1) is 20.8 Å². The van der Waals surface area contributed by atoms with Gasteiger partial charge >= 0.3 is 0 Å². The molecule has 0 bridgehead atoms. The molecule has 41 heavy (non-hydrogen) atoms. The predicted molar refractivity (Wildman–Crippen MR) is 166 cm³/mol. The lowest BCUT2D eigenvalue weighted by molar-refractivity contribution is -0.118. The van der Waals surface area contributed by atoms with Crippen molar-refractivity contribution in [1.29, 1.82) is 0 Å². The summed E-state index contributed by atoms with van der Waals surface area (Å²) >= 11 is 2.85. The van der Waals surface area contributed by atoms with E-state index in [1.807, 2.05) is 80.1 Å². The van der Waals surface area contributed by atoms with E-state index in [0.29, 0.717) is 5.16 Å². The number of nitrogens with one attached hydrogen (secondary N) is 1. The molecule has 10 heteroatoms. The molecule has 8 nitrogen and oxygen atoms in total. The fourth-order valence-corrected chi connectivity index (χ4v) is 7.31. The number of benzene rings is 2. The summed E-state index contributed by atoms with van der Waals surface area (Å²) in [5, 5.41) is 10.1. The average Bonchev–Trinajstić information content (AvgIpc) is 3.49. The SMILES string of the molecule is Cc1ccc(-n2c(SCC(=O)NN=Cc3c(C)nn(-c4ccccc4)c3C)nc3sc4c(c3c2=O)CCCC4)cc1. The second-order valence-corrected chi connectivity index (χ2v) is 12.2. The molecule has 0 saturated carbocycles. The molecule has 0 saturated heterocycles. The van der Waals surface area contributed by atoms with E-state index in [9.17, 15) is 9.59 Å². The van der Waals surface area contributed by atoms with Crippen molar-refractivity contribution in [3.8, 4) is 11.4 Å². The number of rotatable bonds is 7. The molecule has 0 unspecified atom stereocenters. The number of aryl methyl sites for hydroxylation is 4. The zero-order valence-electron chi connectivity index (χ0n) is 23.2. The Morgan fingerprint density at radius 1 is 1.05 bits per heavy atom. The van der Waals surface area contributed by atoms with Gasteiger partial charge in [0, 0.05) is 10.4 Å². The van der Waals surface area contributed by atoms with Crippen LogP contribution in [0.3, 0.4) is 0 Å². The van der Waals surface area contributed by atoms with Crippen molar-refractivity contribution in [3.05, 3.63) is 97.9 Å². The van der Waals surface area contributed by atoms with Crippen LogP contribution in [0.15, 0.2) is 69.6 Å². The van der Waals surface area contributed by atoms with Gasteiger partial charge in [-0.15, -0.1) is 11.3 Å². The van der Waals surface area contributed by atoms with Crippen molar-refractivity contribution in [2.45, 2.75) is 51.6 Å². The van der Waals surface area contributed by atoms with Gasteiger partial charge in [0.25, 0.3) is 11.5 Å². The normalized spacial score (nSPS) is 13.1. The summed E-state index contributed by atoms with van der Waals surface area (Å²) in [5.41, 5.74) is 9.12. The first-order valence-electron chi connectivity index (χ1n) is 13.6. The summed E-state index contributed by atoms with van der Waals surface area (Å²) in [4.78, 5) is 33.6. The molecule has 1 aliphatic carbocycles. The standard InChI is InChI=1S/C31H30N6O2S2/c1-19-13-15-22(16-14-19)36-30(39)28-24-11-7-8-12-26(24)41-29(28)33-31(36)40-18-27(38)34-32-17-25-20(2)35-37(21(25)3)23-9-5-4-6-10-23/h4-6,9-10,13-17H,7-8,11-12,18H2,1-3H3,(H,34,38). The molecular weight excluding hydrogens is 553 g/mol. The topological polar surface area (TPSA) is 94.2 Å². The van der Waals surface area contributed by atoms with Gasteiger partial charge in [0.05, 0.1) is 40.1 Å². The molecule has 0 spiro atoms. The Hall–Kier alpha value is -4.02. The van der Waals surface area contributed by atoms with E-state index in [1.54, 1.807) is 22.1 Å². The number of carbonyl (C=O) groups is 1. The number of para-hydroxylation sites is 1. The number of thioether (sulfide) groups is 1. The van der Waals surface area contributed by atoms with Crippen LogP contribution in [0.4, 0.5) is 0 Å². The van der Waals surface area contributed by atoms with Crippen LogP contribution in [0.2, 0.25) is 0 Å². The molecule has 1 amide bonds. The molecule has 3 aromatic heterocycles. The molecule has 5 aromatic rings. The van der Waals surface area contributed by atoms with E-state index in [0.717, 1.165) is 75.4 Å². The van der Waals surface area contributed by atoms with E-state index in [2.05, 4.69) is 15.6 Å². The summed E-state index contributed by atoms with van der Waals surface area (Å²) < 4.78 is 3.51. The highest BCUT2D eigenvalue weighted by Crippen LogP contribution is 2.35. The summed E-state index contributed by atoms with van der Waals surface area (Å²) in [7, 11) is 0. The number of carbonyl (C=O) groups excluding carboxylic acids is 1. The molecule has 0 atom stereocenters. The molecule has 0 aliphatic heterocycles. The third kappa shape index (κ3) is 5.37. The lowest BCUT2D eigenvalue weighted by atomic mass is 9.97. The maximum Gasteiger partial charge on any atom is 0.267 e. The monoisotopic (exact) mass is 582 g/mol. The van der Waals surface area contributed by atoms with Crippen LogP contribution in [-0.2, 0) is 17.6 Å². The van der Waals surface area contributed by atoms with E-state index in [1.165, 1.54) is 16.6 Å². The van der Waals surface area contributed by atoms with Crippen molar-refractivity contribution in [1.82, 2.24) is 24.8 Å². The first-order chi connectivity index (χ1) is 19.9. The van der Waals surface area contributed by atoms with E-state index >= 15 is 0 Å². The number of amides is 1. The minimum atomic E-state index is -0.285. The summed E-state index contributed by atoms with van der Waals surface area (Å²) in [6.07, 6.45) is 5.76. The molecule has 1 N–H and O–H groups in total. The molecule has 1 aliphatic rings. The van der Waals surface area contributed by atoms with Gasteiger partial charge in [-0.25, -0.2) is 15.1 Å². The molecule has 6 rings (SSSR count). The Kier molecular flexibility index (Phi) is 7.59. The zero-order valence-corrected chi connectivity index (χ0v) is 24.8. The van der Waals surface area contributed by atoms with Crippen LogP contribution in [0.1, 0.15) is 45.8 Å². The second-order valence-electron chi connectivity index (χ2n) is 10.2. The van der Waals surface area contributed by atoms with Crippen molar-refractivity contribution in [2.75, 3.05) is 5.75 Å². The Labute approximate surface area is 246 Å². The smallest absolute Gasteiger partial charge is 0.267 e. The zero-order chi connectivity index (χ0) is 28.5. The Bertz CT molecular complexity index is 1840. The minimum absolute atomic E-state index is 0.0630. The maximum absolute atomic E-state index is 13.9. The second kappa shape index (κ2) is 11.5. The van der Waals surface area contributed by atoms with Gasteiger partial charge < -0.3 is 0 Å². The first kappa shape index (κ1) is 27.2. The van der Waals surface area contributed by atoms with Gasteiger partial charge in [0.1, 0.15) is 4.83 Å². The Balaban J connectivity index is 1.23. The molecule has 0 radical (unpaired) electrons. The van der Waals surface area contributed by atoms with Gasteiger partial charge in [-0.05, 0) is 76.3 Å². The van der Waals surface area contributed by atoms with Crippen LogP contribution >= 0.6 is 23.1 Å². The number of thiophene rings is 1. The van der Waals surface area contributed by atoms with Crippen LogP contribution in [0.5, 0.6) is 0 Å². The lowest BCUT2D eigenvalue weighted by Gasteiger charge is -2.13. The van der Waals surface area contributed by atoms with Crippen molar-refractivity contribution < 1.29 is 4.79 Å². The number of hydrogen-bond donors (Lipinski definition) is 1. The highest BCUT2D eigenvalue weighted by Gasteiger charge is 2.23. The third-order valence-electron chi connectivity index (χ3n) is 7.31. The molecule has 3 heterocycles. The van der Waals surface area contributed by atoms with E-state index in [-0.39, 0.29) is 17.2 Å². The number of nitrogens with zero attached hydrogens (tertiary/aromatic N) is 5. The van der Waals surface area contributed by atoms with Gasteiger partial charge in [-0.2, -0.15) is 10.2 Å².